The minimum Gasteiger partial charge on any atom is -0.481 e. The molecule has 0 atom stereocenters. The number of hydrogen-bond acceptors (Lipinski definition) is 5. The first-order valence-electron chi connectivity index (χ1n) is 13.0. The van der Waals surface area contributed by atoms with Gasteiger partial charge in [-0.05, 0) is 48.8 Å². The number of nitrogens with zero attached hydrogens (tertiary/aromatic N) is 4. The van der Waals surface area contributed by atoms with Crippen LogP contribution in [0.3, 0.4) is 0 Å². The third-order valence-corrected chi connectivity index (χ3v) is 8.00. The van der Waals surface area contributed by atoms with Gasteiger partial charge in [0, 0.05) is 25.0 Å². The molecule has 1 fully saturated rings. The van der Waals surface area contributed by atoms with Crippen molar-refractivity contribution in [2.75, 3.05) is 6.54 Å². The summed E-state index contributed by atoms with van der Waals surface area (Å²) in [5.41, 5.74) is -3.19. The predicted molar refractivity (Wildman–Crippen MR) is 145 cm³/mol. The van der Waals surface area contributed by atoms with Gasteiger partial charge in [-0.2, -0.15) is 18.3 Å². The van der Waals surface area contributed by atoms with Crippen LogP contribution in [-0.4, -0.2) is 49.0 Å². The number of Topliss-reactive ketones (excluding diaryl/α,β-unsaturated/α-hetero) is 1. The number of halogens is 7. The quantitative estimate of drug-likeness (QED) is 0.198. The second-order valence-electron chi connectivity index (χ2n) is 10.8. The highest BCUT2D eigenvalue weighted by atomic mass is 35.5. The van der Waals surface area contributed by atoms with Crippen molar-refractivity contribution in [1.82, 2.24) is 19.7 Å². The smallest absolute Gasteiger partial charge is 0.433 e. The van der Waals surface area contributed by atoms with E-state index in [0.717, 1.165) is 30.7 Å². The average molecular weight is 647 g/mol. The summed E-state index contributed by atoms with van der Waals surface area (Å²) < 4.78 is 72.1. The molecule has 0 unspecified atom stereocenters. The summed E-state index contributed by atoms with van der Waals surface area (Å²) in [5, 5.41) is 12.7. The summed E-state index contributed by atoms with van der Waals surface area (Å²) in [6.07, 6.45) is -1.19. The Kier molecular flexibility index (Phi) is 9.45. The van der Waals surface area contributed by atoms with Crippen LogP contribution in [0.1, 0.15) is 77.0 Å². The largest absolute Gasteiger partial charge is 0.481 e. The molecule has 2 heterocycles. The van der Waals surface area contributed by atoms with Gasteiger partial charge in [-0.1, -0.05) is 30.1 Å². The molecule has 1 amide bonds. The number of rotatable bonds is 9. The summed E-state index contributed by atoms with van der Waals surface area (Å²) in [6, 6.07) is 1.56. The fourth-order valence-electron chi connectivity index (χ4n) is 5.39. The summed E-state index contributed by atoms with van der Waals surface area (Å²) in [6.45, 7) is 0.268. The van der Waals surface area contributed by atoms with E-state index in [-0.39, 0.29) is 40.4 Å². The maximum atomic E-state index is 14.5. The molecule has 1 aliphatic rings. The van der Waals surface area contributed by atoms with E-state index in [4.69, 9.17) is 23.2 Å². The highest BCUT2D eigenvalue weighted by Gasteiger charge is 2.44. The van der Waals surface area contributed by atoms with Gasteiger partial charge < -0.3 is 10.0 Å². The molecule has 3 aromatic rings. The Morgan fingerprint density at radius 2 is 1.63 bits per heavy atom. The molecule has 1 N–H and O–H groups in total. The fraction of sp³-hybridized carbons (Fsp3) is 0.393. The van der Waals surface area contributed by atoms with Crippen LogP contribution in [0.2, 0.25) is 10.0 Å². The molecule has 0 saturated heterocycles. The van der Waals surface area contributed by atoms with Crippen molar-refractivity contribution in [1.29, 1.82) is 0 Å². The van der Waals surface area contributed by atoms with Crippen LogP contribution < -0.4 is 0 Å². The van der Waals surface area contributed by atoms with E-state index in [1.54, 1.807) is 6.92 Å². The van der Waals surface area contributed by atoms with Crippen molar-refractivity contribution in [3.8, 4) is 0 Å². The van der Waals surface area contributed by atoms with Crippen LogP contribution in [0, 0.1) is 17.0 Å². The van der Waals surface area contributed by atoms with E-state index >= 15 is 0 Å². The summed E-state index contributed by atoms with van der Waals surface area (Å²) in [5.74, 6) is -5.13. The predicted octanol–water partition coefficient (Wildman–Crippen LogP) is 7.00. The van der Waals surface area contributed by atoms with Crippen LogP contribution in [0.5, 0.6) is 0 Å². The topological polar surface area (TPSA) is 105 Å². The van der Waals surface area contributed by atoms with Crippen molar-refractivity contribution in [3.63, 3.8) is 0 Å². The van der Waals surface area contributed by atoms with Crippen molar-refractivity contribution in [3.05, 3.63) is 80.9 Å². The average Bonchev–Trinajstić information content (AvgIpc) is 3.33. The van der Waals surface area contributed by atoms with Gasteiger partial charge in [0.15, 0.2) is 11.5 Å². The number of carboxylic acid groups (broad SMARTS) is 1. The molecule has 1 aromatic carbocycles. The number of carboxylic acids is 1. The van der Waals surface area contributed by atoms with E-state index < -0.39 is 71.3 Å². The number of carbonyl (C=O) groups excluding carboxylic acids is 2. The Hall–Kier alpha value is -3.58. The van der Waals surface area contributed by atoms with Crippen LogP contribution in [0.15, 0.2) is 36.8 Å². The maximum absolute atomic E-state index is 14.5. The highest BCUT2D eigenvalue weighted by Crippen LogP contribution is 2.45. The van der Waals surface area contributed by atoms with Gasteiger partial charge in [0.25, 0.3) is 5.91 Å². The minimum atomic E-state index is -5.05. The molecule has 4 rings (SSSR count). The van der Waals surface area contributed by atoms with Crippen molar-refractivity contribution >= 4 is 40.9 Å². The Labute approximate surface area is 252 Å². The normalized spacial score (nSPS) is 18.8. The first-order valence-corrected chi connectivity index (χ1v) is 13.8. The second kappa shape index (κ2) is 12.6. The summed E-state index contributed by atoms with van der Waals surface area (Å²) >= 11 is 12.1. The molecule has 0 radical (unpaired) electrons. The van der Waals surface area contributed by atoms with E-state index in [1.165, 1.54) is 0 Å². The number of ketones is 1. The lowest BCUT2D eigenvalue weighted by atomic mass is 9.72. The van der Waals surface area contributed by atoms with E-state index in [0.29, 0.717) is 28.5 Å². The number of amides is 1. The van der Waals surface area contributed by atoms with Crippen LogP contribution >= 0.6 is 23.2 Å². The SMILES string of the molecule is C[C@]1(CC(=O)O)CC[C@@H](n2ncc(C(=O)N(CC(=O)c3c(Cl)cncc3Cl)Cc3cc(F)cc(F)c3)c2C(F)(F)F)CC1. The monoisotopic (exact) mass is 646 g/mol. The van der Waals surface area contributed by atoms with Gasteiger partial charge in [-0.15, -0.1) is 0 Å². The molecule has 230 valence electrons. The number of hydrogen-bond donors (Lipinski definition) is 1. The number of aliphatic carboxylic acids is 1. The molecule has 1 aliphatic carbocycles. The minimum absolute atomic E-state index is 0.128. The van der Waals surface area contributed by atoms with Gasteiger partial charge in [0.2, 0.25) is 0 Å². The van der Waals surface area contributed by atoms with Crippen LogP contribution in [0.4, 0.5) is 22.0 Å². The zero-order chi connectivity index (χ0) is 31.7. The zero-order valence-electron chi connectivity index (χ0n) is 22.6. The van der Waals surface area contributed by atoms with Crippen molar-refractivity contribution < 1.29 is 41.4 Å². The molecule has 8 nitrogen and oxygen atoms in total. The standard InChI is InChI=1S/C28H25Cl2F5N4O4/c1-27(9-23(41)42)4-2-18(3-5-27)39-25(28(33,34)35)19(10-37-39)26(43)38(13-15-6-16(31)8-17(32)7-15)14-22(40)24-20(29)11-36-12-21(24)30/h6-8,10-12,18H,2-5,9,13-14H2,1H3,(H,41,42)/t18-,27+. The van der Waals surface area contributed by atoms with Gasteiger partial charge >= 0.3 is 12.1 Å². The van der Waals surface area contributed by atoms with E-state index in [1.807, 2.05) is 0 Å². The van der Waals surface area contributed by atoms with Crippen LogP contribution in [-0.2, 0) is 17.5 Å². The first kappa shape index (κ1) is 32.3. The van der Waals surface area contributed by atoms with Gasteiger partial charge in [-0.25, -0.2) is 8.78 Å². The molecule has 15 heteroatoms. The zero-order valence-corrected chi connectivity index (χ0v) is 24.1. The van der Waals surface area contributed by atoms with E-state index in [9.17, 15) is 41.4 Å². The fourth-order valence-corrected chi connectivity index (χ4v) is 5.96. The van der Waals surface area contributed by atoms with Crippen molar-refractivity contribution in [2.24, 2.45) is 5.41 Å². The third kappa shape index (κ3) is 7.50. The van der Waals surface area contributed by atoms with Gasteiger partial charge in [-0.3, -0.25) is 24.0 Å². The highest BCUT2D eigenvalue weighted by molar-refractivity contribution is 6.39. The number of carbonyl (C=O) groups is 3. The van der Waals surface area contributed by atoms with Crippen molar-refractivity contribution in [2.45, 2.75) is 57.8 Å². The lowest BCUT2D eigenvalue weighted by molar-refractivity contribution is -0.145. The maximum Gasteiger partial charge on any atom is 0.433 e. The molecule has 0 spiro atoms. The Bertz CT molecular complexity index is 1510. The molecule has 0 bridgehead atoms. The van der Waals surface area contributed by atoms with Gasteiger partial charge in [0.1, 0.15) is 11.6 Å². The van der Waals surface area contributed by atoms with Crippen LogP contribution in [0.25, 0.3) is 0 Å². The summed E-state index contributed by atoms with van der Waals surface area (Å²) in [4.78, 5) is 42.6. The second-order valence-corrected chi connectivity index (χ2v) is 11.6. The summed E-state index contributed by atoms with van der Waals surface area (Å²) in [7, 11) is 0. The molecule has 43 heavy (non-hydrogen) atoms. The molecular formula is C28H25Cl2F5N4O4. The molecule has 2 aromatic heterocycles. The Morgan fingerprint density at radius 3 is 2.16 bits per heavy atom. The lowest BCUT2D eigenvalue weighted by Crippen LogP contribution is -2.37. The molecule has 0 aliphatic heterocycles. The Morgan fingerprint density at radius 1 is 1.05 bits per heavy atom. The lowest BCUT2D eigenvalue weighted by Gasteiger charge is -2.37. The number of pyridine rings is 1. The van der Waals surface area contributed by atoms with E-state index in [2.05, 4.69) is 10.1 Å². The number of aromatic nitrogens is 3. The molecular weight excluding hydrogens is 622 g/mol. The third-order valence-electron chi connectivity index (χ3n) is 7.43. The first-order chi connectivity index (χ1) is 20.1. The number of alkyl halides is 3. The molecule has 1 saturated carbocycles. The number of benzene rings is 1. The van der Waals surface area contributed by atoms with Gasteiger partial charge in [0.05, 0.1) is 46.4 Å². The Balaban J connectivity index is 1.71.